The van der Waals surface area contributed by atoms with E-state index in [9.17, 15) is 26.7 Å². The molecule has 0 aromatic heterocycles. The second kappa shape index (κ2) is 3.68. The number of hydrogen-bond donors (Lipinski definition) is 0. The number of rotatable bonds is 3. The Morgan fingerprint density at radius 1 is 1.33 bits per heavy atom. The highest BCUT2D eigenvalue weighted by atomic mass is 19.3. The Balaban J connectivity index is 4.45. The fraction of sp³-hybridized carbons (Fsp3) is 0.800. The predicted octanol–water partition coefficient (Wildman–Crippen LogP) is 1.40. The molecule has 0 aliphatic heterocycles. The van der Waals surface area contributed by atoms with E-state index in [1.54, 1.807) is 0 Å². The standard InChI is InChI=1S/C5H5F5O2/c1-12-3(11)2(6)5(9,10)4(7)8/h2,4H,1H3. The van der Waals surface area contributed by atoms with Crippen LogP contribution < -0.4 is 0 Å². The van der Waals surface area contributed by atoms with Gasteiger partial charge in [0.25, 0.3) is 6.17 Å². The third-order valence-electron chi connectivity index (χ3n) is 1.04. The smallest absolute Gasteiger partial charge is 0.348 e. The third-order valence-corrected chi connectivity index (χ3v) is 1.04. The van der Waals surface area contributed by atoms with Gasteiger partial charge in [0.2, 0.25) is 0 Å². The lowest BCUT2D eigenvalue weighted by Crippen LogP contribution is -2.43. The van der Waals surface area contributed by atoms with Crippen LogP contribution in [0.1, 0.15) is 0 Å². The Labute approximate surface area is 64.3 Å². The minimum atomic E-state index is -4.99. The highest BCUT2D eigenvalue weighted by Crippen LogP contribution is 2.29. The molecule has 0 rings (SSSR count). The Bertz CT molecular complexity index is 169. The molecule has 12 heavy (non-hydrogen) atoms. The highest BCUT2D eigenvalue weighted by molar-refractivity contribution is 5.75. The summed E-state index contributed by atoms with van der Waals surface area (Å²) in [7, 11) is 0.621. The van der Waals surface area contributed by atoms with Crippen LogP contribution in [0.25, 0.3) is 0 Å². The second-order valence-electron chi connectivity index (χ2n) is 1.86. The van der Waals surface area contributed by atoms with Crippen molar-refractivity contribution in [2.75, 3.05) is 7.11 Å². The van der Waals surface area contributed by atoms with Gasteiger partial charge in [0, 0.05) is 0 Å². The third kappa shape index (κ3) is 2.05. The van der Waals surface area contributed by atoms with Crippen molar-refractivity contribution in [3.05, 3.63) is 0 Å². The molecule has 0 radical (unpaired) electrons. The highest BCUT2D eigenvalue weighted by Gasteiger charge is 2.53. The van der Waals surface area contributed by atoms with Gasteiger partial charge in [0.1, 0.15) is 0 Å². The summed E-state index contributed by atoms with van der Waals surface area (Å²) < 4.78 is 62.3. The van der Waals surface area contributed by atoms with Crippen LogP contribution in [0.3, 0.4) is 0 Å². The molecule has 7 heteroatoms. The number of methoxy groups -OCH3 is 1. The normalized spacial score (nSPS) is 14.6. The average Bonchev–Trinajstić information content (AvgIpc) is 2.01. The molecule has 0 amide bonds. The van der Waals surface area contributed by atoms with Crippen LogP contribution in [0, 0.1) is 0 Å². The van der Waals surface area contributed by atoms with Crippen molar-refractivity contribution in [2.24, 2.45) is 0 Å². The molecule has 72 valence electrons. The van der Waals surface area contributed by atoms with Gasteiger partial charge in [0.15, 0.2) is 0 Å². The van der Waals surface area contributed by atoms with Crippen molar-refractivity contribution >= 4 is 5.97 Å². The zero-order chi connectivity index (χ0) is 9.94. The maximum absolute atomic E-state index is 12.1. The maximum Gasteiger partial charge on any atom is 0.348 e. The molecule has 0 bridgehead atoms. The van der Waals surface area contributed by atoms with E-state index in [2.05, 4.69) is 4.74 Å². The summed E-state index contributed by atoms with van der Waals surface area (Å²) in [6.07, 6.45) is -7.85. The van der Waals surface area contributed by atoms with Crippen molar-refractivity contribution in [1.29, 1.82) is 0 Å². The van der Waals surface area contributed by atoms with E-state index < -0.39 is 24.5 Å². The van der Waals surface area contributed by atoms with Crippen LogP contribution in [-0.2, 0) is 9.53 Å². The van der Waals surface area contributed by atoms with Crippen LogP contribution >= 0.6 is 0 Å². The molecule has 0 spiro atoms. The van der Waals surface area contributed by atoms with E-state index in [0.29, 0.717) is 7.11 Å². The van der Waals surface area contributed by atoms with Gasteiger partial charge in [-0.05, 0) is 0 Å². The number of ether oxygens (including phenoxy) is 1. The van der Waals surface area contributed by atoms with Crippen molar-refractivity contribution in [2.45, 2.75) is 18.5 Å². The van der Waals surface area contributed by atoms with Gasteiger partial charge >= 0.3 is 18.3 Å². The molecule has 1 unspecified atom stereocenters. The van der Waals surface area contributed by atoms with Gasteiger partial charge < -0.3 is 4.74 Å². The largest absolute Gasteiger partial charge is 0.467 e. The van der Waals surface area contributed by atoms with Gasteiger partial charge in [-0.1, -0.05) is 0 Å². The van der Waals surface area contributed by atoms with E-state index >= 15 is 0 Å². The first-order chi connectivity index (χ1) is 5.34. The molecule has 2 nitrogen and oxygen atoms in total. The Morgan fingerprint density at radius 2 is 1.75 bits per heavy atom. The summed E-state index contributed by atoms with van der Waals surface area (Å²) >= 11 is 0. The van der Waals surface area contributed by atoms with Gasteiger partial charge in [-0.15, -0.1) is 0 Å². The van der Waals surface area contributed by atoms with Crippen molar-refractivity contribution in [1.82, 2.24) is 0 Å². The van der Waals surface area contributed by atoms with Crippen LogP contribution in [-0.4, -0.2) is 31.6 Å². The molecular formula is C5H5F5O2. The van der Waals surface area contributed by atoms with E-state index in [0.717, 1.165) is 0 Å². The van der Waals surface area contributed by atoms with Crippen LogP contribution in [0.2, 0.25) is 0 Å². The van der Waals surface area contributed by atoms with Crippen LogP contribution in [0.4, 0.5) is 22.0 Å². The summed E-state index contributed by atoms with van der Waals surface area (Å²) in [4.78, 5) is 10.1. The SMILES string of the molecule is COC(=O)C(F)C(F)(F)C(F)F. The topological polar surface area (TPSA) is 26.3 Å². The molecule has 0 saturated heterocycles. The summed E-state index contributed by atoms with van der Waals surface area (Å²) in [5, 5.41) is 0. The number of halogens is 5. The number of carbonyl (C=O) groups is 1. The fourth-order valence-corrected chi connectivity index (χ4v) is 0.371. The van der Waals surface area contributed by atoms with E-state index in [1.165, 1.54) is 0 Å². The average molecular weight is 192 g/mol. The second-order valence-corrected chi connectivity index (χ2v) is 1.86. The van der Waals surface area contributed by atoms with Crippen LogP contribution in [0.15, 0.2) is 0 Å². The first-order valence-corrected chi connectivity index (χ1v) is 2.72. The summed E-state index contributed by atoms with van der Waals surface area (Å²) in [5.41, 5.74) is 0. The minimum absolute atomic E-state index is 0.621. The lowest BCUT2D eigenvalue weighted by atomic mass is 10.2. The van der Waals surface area contributed by atoms with Gasteiger partial charge in [-0.3, -0.25) is 0 Å². The van der Waals surface area contributed by atoms with Crippen LogP contribution in [0.5, 0.6) is 0 Å². The van der Waals surface area contributed by atoms with Gasteiger partial charge in [0.05, 0.1) is 7.11 Å². The maximum atomic E-state index is 12.1. The summed E-state index contributed by atoms with van der Waals surface area (Å²) in [6, 6.07) is 0. The first kappa shape index (κ1) is 11.1. The number of esters is 1. The fourth-order valence-electron chi connectivity index (χ4n) is 0.371. The number of carbonyl (C=O) groups excluding carboxylic acids is 1. The Kier molecular flexibility index (Phi) is 3.41. The first-order valence-electron chi connectivity index (χ1n) is 2.72. The molecule has 0 aromatic carbocycles. The van der Waals surface area contributed by atoms with Gasteiger partial charge in [-0.25, -0.2) is 18.0 Å². The number of alkyl halides is 5. The molecule has 0 aliphatic rings. The Hall–Kier alpha value is -0.880. The Morgan fingerprint density at radius 3 is 2.00 bits per heavy atom. The van der Waals surface area contributed by atoms with Crippen molar-refractivity contribution in [3.63, 3.8) is 0 Å². The minimum Gasteiger partial charge on any atom is -0.467 e. The molecule has 0 N–H and O–H groups in total. The molecule has 0 aromatic rings. The number of hydrogen-bond acceptors (Lipinski definition) is 2. The quantitative estimate of drug-likeness (QED) is 0.499. The van der Waals surface area contributed by atoms with Crippen molar-refractivity contribution < 1.29 is 31.5 Å². The zero-order valence-corrected chi connectivity index (χ0v) is 5.86. The van der Waals surface area contributed by atoms with E-state index in [-0.39, 0.29) is 0 Å². The predicted molar refractivity (Wildman–Crippen MR) is 27.9 cm³/mol. The van der Waals surface area contributed by atoms with E-state index in [4.69, 9.17) is 0 Å². The van der Waals surface area contributed by atoms with E-state index in [1.807, 2.05) is 0 Å². The summed E-state index contributed by atoms with van der Waals surface area (Å²) in [5.74, 6) is -7.01. The van der Waals surface area contributed by atoms with Gasteiger partial charge in [-0.2, -0.15) is 8.78 Å². The molecule has 0 aliphatic carbocycles. The lowest BCUT2D eigenvalue weighted by molar-refractivity contribution is -0.192. The molecule has 0 fully saturated rings. The molecule has 1 atom stereocenters. The monoisotopic (exact) mass is 192 g/mol. The zero-order valence-electron chi connectivity index (χ0n) is 5.86. The molecular weight excluding hydrogens is 187 g/mol. The summed E-state index contributed by atoms with van der Waals surface area (Å²) in [6.45, 7) is 0. The molecule has 0 heterocycles. The lowest BCUT2D eigenvalue weighted by Gasteiger charge is -2.17. The van der Waals surface area contributed by atoms with Crippen molar-refractivity contribution in [3.8, 4) is 0 Å². The molecule has 0 saturated carbocycles.